The Morgan fingerprint density at radius 3 is 2.22 bits per heavy atom. The molecule has 1 rings (SSSR count). The Labute approximate surface area is 113 Å². The van der Waals surface area contributed by atoms with Gasteiger partial charge < -0.3 is 10.2 Å². The summed E-state index contributed by atoms with van der Waals surface area (Å²) in [5.41, 5.74) is 0. The van der Waals surface area contributed by atoms with Crippen LogP contribution in [0.3, 0.4) is 0 Å². The lowest BCUT2D eigenvalue weighted by atomic mass is 9.82. The van der Waals surface area contributed by atoms with Gasteiger partial charge >= 0.3 is 0 Å². The molecule has 0 aromatic carbocycles. The first kappa shape index (κ1) is 17.4. The Hall–Kier alpha value is -0.570. The van der Waals surface area contributed by atoms with Crippen molar-refractivity contribution in [2.24, 2.45) is 11.8 Å². The van der Waals surface area contributed by atoms with Gasteiger partial charge in [-0.1, -0.05) is 20.8 Å². The van der Waals surface area contributed by atoms with E-state index in [0.717, 1.165) is 38.3 Å². The fourth-order valence-electron chi connectivity index (χ4n) is 2.27. The number of nitrogens with one attached hydrogen (secondary N) is 1. The van der Waals surface area contributed by atoms with Crippen molar-refractivity contribution in [3.05, 3.63) is 0 Å². The van der Waals surface area contributed by atoms with Gasteiger partial charge in [0.25, 0.3) is 0 Å². The summed E-state index contributed by atoms with van der Waals surface area (Å²) in [4.78, 5) is 14.0. The average Bonchev–Trinajstić information content (AvgIpc) is 2.37. The highest BCUT2D eigenvalue weighted by molar-refractivity contribution is 5.78. The van der Waals surface area contributed by atoms with E-state index in [1.54, 1.807) is 0 Å². The van der Waals surface area contributed by atoms with E-state index in [1.807, 2.05) is 13.8 Å². The van der Waals surface area contributed by atoms with Gasteiger partial charge in [0, 0.05) is 12.5 Å². The van der Waals surface area contributed by atoms with Crippen LogP contribution >= 0.6 is 0 Å². The van der Waals surface area contributed by atoms with Gasteiger partial charge in [-0.2, -0.15) is 0 Å². The molecule has 1 fully saturated rings. The predicted octanol–water partition coefficient (Wildman–Crippen LogP) is 2.91. The lowest BCUT2D eigenvalue weighted by molar-refractivity contribution is -0.126. The molecule has 0 aromatic heterocycles. The summed E-state index contributed by atoms with van der Waals surface area (Å²) in [5, 5.41) is 3.06. The topological polar surface area (TPSA) is 32.3 Å². The second-order valence-electron chi connectivity index (χ2n) is 5.40. The quantitative estimate of drug-likeness (QED) is 0.767. The Balaban J connectivity index is 0.00000137. The van der Waals surface area contributed by atoms with Gasteiger partial charge in [-0.05, 0) is 58.7 Å². The first-order valence-electron chi connectivity index (χ1n) is 7.52. The van der Waals surface area contributed by atoms with Gasteiger partial charge in [-0.3, -0.25) is 4.79 Å². The Morgan fingerprint density at radius 1 is 1.17 bits per heavy atom. The van der Waals surface area contributed by atoms with Gasteiger partial charge in [0.15, 0.2) is 0 Å². The second-order valence-corrected chi connectivity index (χ2v) is 5.40. The molecule has 0 saturated heterocycles. The van der Waals surface area contributed by atoms with Crippen LogP contribution in [0.2, 0.25) is 0 Å². The molecule has 3 heteroatoms. The van der Waals surface area contributed by atoms with Crippen LogP contribution in [-0.4, -0.2) is 38.0 Å². The molecule has 1 aliphatic carbocycles. The molecule has 0 radical (unpaired) electrons. The zero-order valence-corrected chi connectivity index (χ0v) is 13.0. The molecule has 18 heavy (non-hydrogen) atoms. The van der Waals surface area contributed by atoms with E-state index in [1.165, 1.54) is 12.8 Å². The molecule has 0 unspecified atom stereocenters. The second kappa shape index (κ2) is 10.4. The minimum absolute atomic E-state index is 0.283. The molecule has 1 saturated carbocycles. The molecular weight excluding hydrogens is 224 g/mol. The lowest BCUT2D eigenvalue weighted by Gasteiger charge is -2.25. The normalized spacial score (nSPS) is 23.2. The molecule has 0 heterocycles. The number of nitrogens with zero attached hydrogens (tertiary/aromatic N) is 1. The van der Waals surface area contributed by atoms with Crippen LogP contribution in [0.15, 0.2) is 0 Å². The largest absolute Gasteiger partial charge is 0.356 e. The molecule has 1 aliphatic rings. The van der Waals surface area contributed by atoms with Crippen molar-refractivity contribution >= 4 is 5.91 Å². The van der Waals surface area contributed by atoms with E-state index < -0.39 is 0 Å². The van der Waals surface area contributed by atoms with Crippen molar-refractivity contribution in [1.82, 2.24) is 10.2 Å². The average molecular weight is 256 g/mol. The Bertz CT molecular complexity index is 209. The molecule has 3 nitrogen and oxygen atoms in total. The molecule has 0 bridgehead atoms. The number of carbonyl (C=O) groups excluding carboxylic acids is 1. The maximum atomic E-state index is 11.8. The minimum Gasteiger partial charge on any atom is -0.356 e. The van der Waals surface area contributed by atoms with Crippen molar-refractivity contribution in [3.8, 4) is 0 Å². The number of amides is 1. The number of hydrogen-bond acceptors (Lipinski definition) is 2. The molecule has 0 aromatic rings. The first-order valence-corrected chi connectivity index (χ1v) is 7.52. The van der Waals surface area contributed by atoms with Crippen LogP contribution in [0.4, 0.5) is 0 Å². The molecule has 1 amide bonds. The highest BCUT2D eigenvalue weighted by atomic mass is 16.1. The molecule has 0 aliphatic heterocycles. The SMILES string of the molecule is CC.CC1CCC(C(=O)NCCCN(C)C)CC1. The van der Waals surface area contributed by atoms with E-state index in [9.17, 15) is 4.79 Å². The standard InChI is InChI=1S/C13H26N2O.C2H6/c1-11-5-7-12(8-6-11)13(16)14-9-4-10-15(2)3;1-2/h11-12H,4-10H2,1-3H3,(H,14,16);1-2H3. The maximum Gasteiger partial charge on any atom is 0.223 e. The Morgan fingerprint density at radius 2 is 1.72 bits per heavy atom. The summed E-state index contributed by atoms with van der Waals surface area (Å²) in [7, 11) is 4.12. The van der Waals surface area contributed by atoms with Crippen molar-refractivity contribution in [2.45, 2.75) is 52.9 Å². The van der Waals surface area contributed by atoms with Crippen LogP contribution in [0.1, 0.15) is 52.9 Å². The molecular formula is C15H32N2O. The lowest BCUT2D eigenvalue weighted by Crippen LogP contribution is -2.34. The summed E-state index contributed by atoms with van der Waals surface area (Å²) in [6.07, 6.45) is 5.65. The van der Waals surface area contributed by atoms with Gasteiger partial charge in [0.2, 0.25) is 5.91 Å². The maximum absolute atomic E-state index is 11.8. The van der Waals surface area contributed by atoms with Crippen LogP contribution in [-0.2, 0) is 4.79 Å². The smallest absolute Gasteiger partial charge is 0.223 e. The zero-order valence-electron chi connectivity index (χ0n) is 13.0. The van der Waals surface area contributed by atoms with E-state index >= 15 is 0 Å². The van der Waals surface area contributed by atoms with Gasteiger partial charge in [0.05, 0.1) is 0 Å². The Kier molecular flexibility index (Phi) is 10.0. The molecule has 0 spiro atoms. The predicted molar refractivity (Wildman–Crippen MR) is 78.7 cm³/mol. The van der Waals surface area contributed by atoms with Crippen molar-refractivity contribution in [3.63, 3.8) is 0 Å². The molecule has 0 atom stereocenters. The van der Waals surface area contributed by atoms with Crippen LogP contribution in [0.25, 0.3) is 0 Å². The fourth-order valence-corrected chi connectivity index (χ4v) is 2.27. The van der Waals surface area contributed by atoms with Gasteiger partial charge in [-0.25, -0.2) is 0 Å². The van der Waals surface area contributed by atoms with Gasteiger partial charge in [-0.15, -0.1) is 0 Å². The van der Waals surface area contributed by atoms with Gasteiger partial charge in [0.1, 0.15) is 0 Å². The van der Waals surface area contributed by atoms with E-state index in [2.05, 4.69) is 31.2 Å². The minimum atomic E-state index is 0.283. The van der Waals surface area contributed by atoms with Crippen molar-refractivity contribution < 1.29 is 4.79 Å². The van der Waals surface area contributed by atoms with E-state index in [-0.39, 0.29) is 11.8 Å². The first-order chi connectivity index (χ1) is 8.59. The van der Waals surface area contributed by atoms with E-state index in [0.29, 0.717) is 0 Å². The highest BCUT2D eigenvalue weighted by Crippen LogP contribution is 2.28. The number of hydrogen-bond donors (Lipinski definition) is 1. The number of rotatable bonds is 5. The fraction of sp³-hybridized carbons (Fsp3) is 0.933. The zero-order chi connectivity index (χ0) is 14.0. The summed E-state index contributed by atoms with van der Waals surface area (Å²) in [6, 6.07) is 0. The third-order valence-corrected chi connectivity index (χ3v) is 3.47. The summed E-state index contributed by atoms with van der Waals surface area (Å²) >= 11 is 0. The summed E-state index contributed by atoms with van der Waals surface area (Å²) in [5.74, 6) is 1.39. The van der Waals surface area contributed by atoms with Crippen molar-refractivity contribution in [2.75, 3.05) is 27.2 Å². The van der Waals surface area contributed by atoms with Crippen LogP contribution in [0.5, 0.6) is 0 Å². The molecule has 1 N–H and O–H groups in total. The van der Waals surface area contributed by atoms with Crippen LogP contribution < -0.4 is 5.32 Å². The van der Waals surface area contributed by atoms with Crippen molar-refractivity contribution in [1.29, 1.82) is 0 Å². The monoisotopic (exact) mass is 256 g/mol. The number of carbonyl (C=O) groups is 1. The third-order valence-electron chi connectivity index (χ3n) is 3.47. The summed E-state index contributed by atoms with van der Waals surface area (Å²) < 4.78 is 0. The summed E-state index contributed by atoms with van der Waals surface area (Å²) in [6.45, 7) is 8.15. The van der Waals surface area contributed by atoms with Crippen LogP contribution in [0, 0.1) is 11.8 Å². The molecule has 108 valence electrons. The van der Waals surface area contributed by atoms with E-state index in [4.69, 9.17) is 0 Å². The highest BCUT2D eigenvalue weighted by Gasteiger charge is 2.23. The third kappa shape index (κ3) is 7.70.